The van der Waals surface area contributed by atoms with E-state index in [2.05, 4.69) is 4.98 Å². The van der Waals surface area contributed by atoms with Crippen LogP contribution in [0.2, 0.25) is 0 Å². The smallest absolute Gasteiger partial charge is 0.330 e. The van der Waals surface area contributed by atoms with Gasteiger partial charge in [-0.3, -0.25) is 14.3 Å². The molecule has 23 heavy (non-hydrogen) atoms. The van der Waals surface area contributed by atoms with Gasteiger partial charge in [0.2, 0.25) is 5.72 Å². The Morgan fingerprint density at radius 2 is 2.13 bits per heavy atom. The van der Waals surface area contributed by atoms with Crippen molar-refractivity contribution in [3.63, 3.8) is 0 Å². The van der Waals surface area contributed by atoms with Crippen molar-refractivity contribution >= 4 is 0 Å². The number of hydrogen-bond acceptors (Lipinski definition) is 7. The highest BCUT2D eigenvalue weighted by atomic mass is 16.6. The average Bonchev–Trinajstić information content (AvgIpc) is 2.76. The van der Waals surface area contributed by atoms with Gasteiger partial charge in [-0.25, -0.2) is 4.79 Å². The standard InChI is InChI=1S/C14H22N2O7/c1-4-22-8(3)14(11(19)10(18)9(6-17)23-14)16-5-7(2)12(20)15-13(16)21/h5,8-11,17-19H,4,6H2,1-3H3,(H,15,20,21)/t8?,9-,10-,11-,14-/m1/s1. The predicted molar refractivity (Wildman–Crippen MR) is 79.1 cm³/mol. The van der Waals surface area contributed by atoms with Crippen molar-refractivity contribution in [1.29, 1.82) is 0 Å². The van der Waals surface area contributed by atoms with Crippen molar-refractivity contribution in [2.75, 3.05) is 13.2 Å². The normalized spacial score (nSPS) is 32.2. The van der Waals surface area contributed by atoms with E-state index in [-0.39, 0.29) is 12.2 Å². The van der Waals surface area contributed by atoms with Gasteiger partial charge in [-0.15, -0.1) is 0 Å². The number of aryl methyl sites for hydroxylation is 1. The van der Waals surface area contributed by atoms with Crippen LogP contribution in [-0.2, 0) is 15.2 Å². The van der Waals surface area contributed by atoms with Crippen LogP contribution in [0.25, 0.3) is 0 Å². The molecule has 1 fully saturated rings. The first kappa shape index (κ1) is 17.8. The Labute approximate surface area is 132 Å². The number of H-pyrrole nitrogens is 1. The fourth-order valence-electron chi connectivity index (χ4n) is 2.90. The molecule has 0 aliphatic carbocycles. The number of hydrogen-bond donors (Lipinski definition) is 4. The summed E-state index contributed by atoms with van der Waals surface area (Å²) in [6.45, 7) is 4.53. The van der Waals surface area contributed by atoms with Crippen molar-refractivity contribution in [1.82, 2.24) is 9.55 Å². The van der Waals surface area contributed by atoms with Crippen LogP contribution >= 0.6 is 0 Å². The molecule has 0 spiro atoms. The van der Waals surface area contributed by atoms with Gasteiger partial charge in [0, 0.05) is 18.4 Å². The SMILES string of the molecule is CCOC(C)[C@@]1(n2cc(C)c(=O)[nH]c2=O)O[C@H](CO)[C@@H](O)[C@H]1O. The van der Waals surface area contributed by atoms with Gasteiger partial charge >= 0.3 is 5.69 Å². The van der Waals surface area contributed by atoms with E-state index in [9.17, 15) is 24.9 Å². The highest BCUT2D eigenvalue weighted by molar-refractivity contribution is 5.09. The van der Waals surface area contributed by atoms with E-state index in [1.807, 2.05) is 0 Å². The number of aliphatic hydroxyl groups is 3. The average molecular weight is 330 g/mol. The summed E-state index contributed by atoms with van der Waals surface area (Å²) in [7, 11) is 0. The minimum Gasteiger partial charge on any atom is -0.394 e. The highest BCUT2D eigenvalue weighted by Gasteiger charge is 2.59. The molecule has 0 amide bonds. The summed E-state index contributed by atoms with van der Waals surface area (Å²) in [6, 6.07) is 0. The quantitative estimate of drug-likeness (QED) is 0.492. The first-order chi connectivity index (χ1) is 10.8. The lowest BCUT2D eigenvalue weighted by Gasteiger charge is -2.38. The Hall–Kier alpha value is -1.52. The molecule has 1 saturated heterocycles. The largest absolute Gasteiger partial charge is 0.394 e. The molecule has 0 aromatic carbocycles. The fraction of sp³-hybridized carbons (Fsp3) is 0.714. The summed E-state index contributed by atoms with van der Waals surface area (Å²) in [6.07, 6.45) is -3.64. The topological polar surface area (TPSA) is 134 Å². The number of aromatic amines is 1. The zero-order valence-corrected chi connectivity index (χ0v) is 13.2. The van der Waals surface area contributed by atoms with Crippen LogP contribution in [0, 0.1) is 6.92 Å². The number of aliphatic hydroxyl groups excluding tert-OH is 3. The second-order valence-electron chi connectivity index (χ2n) is 5.57. The number of ether oxygens (including phenoxy) is 2. The lowest BCUT2D eigenvalue weighted by Crippen LogP contribution is -2.58. The molecule has 1 unspecified atom stereocenters. The summed E-state index contributed by atoms with van der Waals surface area (Å²) in [5.74, 6) is 0. The Bertz CT molecular complexity index is 670. The van der Waals surface area contributed by atoms with Crippen LogP contribution in [0.15, 0.2) is 15.8 Å². The van der Waals surface area contributed by atoms with E-state index in [1.165, 1.54) is 13.1 Å². The molecular formula is C14H22N2O7. The maximum atomic E-state index is 12.3. The second-order valence-corrected chi connectivity index (χ2v) is 5.57. The molecule has 1 aromatic rings. The maximum Gasteiger partial charge on any atom is 0.330 e. The number of rotatable bonds is 5. The van der Waals surface area contributed by atoms with E-state index in [1.54, 1.807) is 13.8 Å². The third-order valence-corrected chi connectivity index (χ3v) is 4.14. The fourth-order valence-corrected chi connectivity index (χ4v) is 2.90. The molecule has 5 atom stereocenters. The van der Waals surface area contributed by atoms with E-state index in [0.29, 0.717) is 0 Å². The summed E-state index contributed by atoms with van der Waals surface area (Å²) < 4.78 is 12.2. The molecule has 2 heterocycles. The van der Waals surface area contributed by atoms with Gasteiger partial charge in [0.1, 0.15) is 24.4 Å². The van der Waals surface area contributed by atoms with Crippen LogP contribution in [0.5, 0.6) is 0 Å². The van der Waals surface area contributed by atoms with Gasteiger partial charge in [-0.05, 0) is 20.8 Å². The summed E-state index contributed by atoms with van der Waals surface area (Å²) >= 11 is 0. The molecule has 9 heteroatoms. The Morgan fingerprint density at radius 1 is 1.48 bits per heavy atom. The van der Waals surface area contributed by atoms with Crippen molar-refractivity contribution in [2.24, 2.45) is 0 Å². The van der Waals surface area contributed by atoms with Crippen molar-refractivity contribution in [2.45, 2.75) is 50.9 Å². The number of nitrogens with one attached hydrogen (secondary N) is 1. The second kappa shape index (κ2) is 6.54. The van der Waals surface area contributed by atoms with Crippen LogP contribution in [0.1, 0.15) is 19.4 Å². The summed E-state index contributed by atoms with van der Waals surface area (Å²) in [4.78, 5) is 26.0. The lowest BCUT2D eigenvalue weighted by atomic mass is 9.97. The van der Waals surface area contributed by atoms with Gasteiger partial charge in [0.15, 0.2) is 0 Å². The summed E-state index contributed by atoms with van der Waals surface area (Å²) in [5, 5.41) is 30.0. The molecule has 1 aromatic heterocycles. The first-order valence-electron chi connectivity index (χ1n) is 7.39. The van der Waals surface area contributed by atoms with Crippen LogP contribution in [0.3, 0.4) is 0 Å². The molecule has 0 radical (unpaired) electrons. The van der Waals surface area contributed by atoms with Gasteiger partial charge in [0.05, 0.1) is 6.61 Å². The molecule has 1 aliphatic rings. The third-order valence-electron chi connectivity index (χ3n) is 4.14. The highest BCUT2D eigenvalue weighted by Crippen LogP contribution is 2.38. The molecule has 2 rings (SSSR count). The molecule has 0 saturated carbocycles. The van der Waals surface area contributed by atoms with Crippen molar-refractivity contribution in [3.05, 3.63) is 32.6 Å². The van der Waals surface area contributed by atoms with E-state index in [0.717, 1.165) is 4.57 Å². The lowest BCUT2D eigenvalue weighted by molar-refractivity contribution is -0.217. The van der Waals surface area contributed by atoms with Gasteiger partial charge in [-0.2, -0.15) is 0 Å². The Balaban J connectivity index is 2.67. The zero-order chi connectivity index (χ0) is 17.4. The maximum absolute atomic E-state index is 12.3. The summed E-state index contributed by atoms with van der Waals surface area (Å²) in [5.41, 5.74) is -2.91. The Morgan fingerprint density at radius 3 is 2.65 bits per heavy atom. The van der Waals surface area contributed by atoms with Crippen molar-refractivity contribution in [3.8, 4) is 0 Å². The van der Waals surface area contributed by atoms with Gasteiger partial charge < -0.3 is 24.8 Å². The third kappa shape index (κ3) is 2.74. The molecular weight excluding hydrogens is 308 g/mol. The number of aromatic nitrogens is 2. The zero-order valence-electron chi connectivity index (χ0n) is 13.2. The monoisotopic (exact) mass is 330 g/mol. The number of nitrogens with zero attached hydrogens (tertiary/aromatic N) is 1. The molecule has 1 aliphatic heterocycles. The predicted octanol–water partition coefficient (Wildman–Crippen LogP) is -1.96. The first-order valence-corrected chi connectivity index (χ1v) is 7.39. The van der Waals surface area contributed by atoms with Gasteiger partial charge in [0.25, 0.3) is 5.56 Å². The van der Waals surface area contributed by atoms with E-state index >= 15 is 0 Å². The van der Waals surface area contributed by atoms with Crippen LogP contribution < -0.4 is 11.2 Å². The minimum atomic E-state index is -1.77. The minimum absolute atomic E-state index is 0.227. The molecule has 9 nitrogen and oxygen atoms in total. The Kier molecular flexibility index (Phi) is 5.07. The van der Waals surface area contributed by atoms with Gasteiger partial charge in [-0.1, -0.05) is 0 Å². The molecule has 4 N–H and O–H groups in total. The van der Waals surface area contributed by atoms with Crippen LogP contribution in [0.4, 0.5) is 0 Å². The molecule has 0 bridgehead atoms. The van der Waals surface area contributed by atoms with E-state index in [4.69, 9.17) is 9.47 Å². The molecule has 130 valence electrons. The van der Waals surface area contributed by atoms with E-state index < -0.39 is 48.0 Å². The van der Waals surface area contributed by atoms with Crippen molar-refractivity contribution < 1.29 is 24.8 Å². The van der Waals surface area contributed by atoms with Crippen LogP contribution in [-0.4, -0.2) is 62.5 Å².